The molecule has 5 nitrogen and oxygen atoms in total. The largest absolute Gasteiger partial charge is 0.508 e. The van der Waals surface area contributed by atoms with Gasteiger partial charge in [-0.15, -0.1) is 0 Å². The van der Waals surface area contributed by atoms with E-state index in [0.717, 1.165) is 11.0 Å². The summed E-state index contributed by atoms with van der Waals surface area (Å²) in [6, 6.07) is 10.4. The van der Waals surface area contributed by atoms with Crippen LogP contribution in [0.5, 0.6) is 11.5 Å². The second kappa shape index (κ2) is 5.35. The molecule has 1 aliphatic rings. The Morgan fingerprint density at radius 1 is 1.05 bits per heavy atom. The van der Waals surface area contributed by atoms with Crippen LogP contribution in [0.4, 0.5) is 5.69 Å². The maximum Gasteiger partial charge on any atom is 0.241 e. The molecule has 6 heteroatoms. The Kier molecular flexibility index (Phi) is 3.50. The summed E-state index contributed by atoms with van der Waals surface area (Å²) in [7, 11) is 0. The van der Waals surface area contributed by atoms with Gasteiger partial charge < -0.3 is 10.2 Å². The molecule has 1 atom stereocenters. The van der Waals surface area contributed by atoms with Crippen molar-refractivity contribution in [2.24, 2.45) is 0 Å². The molecule has 0 aliphatic carbocycles. The highest BCUT2D eigenvalue weighted by Crippen LogP contribution is 2.38. The number of benzene rings is 2. The van der Waals surface area contributed by atoms with Gasteiger partial charge >= 0.3 is 0 Å². The lowest BCUT2D eigenvalue weighted by Gasteiger charge is -2.15. The molecule has 0 bridgehead atoms. The zero-order valence-electron chi connectivity index (χ0n) is 11.4. The van der Waals surface area contributed by atoms with E-state index in [1.165, 1.54) is 12.1 Å². The molecule has 1 aliphatic heterocycles. The molecule has 2 aromatic carbocycles. The van der Waals surface area contributed by atoms with Crippen LogP contribution in [-0.2, 0) is 9.59 Å². The van der Waals surface area contributed by atoms with Gasteiger partial charge in [-0.25, -0.2) is 0 Å². The molecule has 2 N–H and O–H groups in total. The van der Waals surface area contributed by atoms with Crippen LogP contribution in [-0.4, -0.2) is 22.0 Å². The van der Waals surface area contributed by atoms with Gasteiger partial charge in [-0.05, 0) is 30.3 Å². The SMILES string of the molecule is O=C1CC(c2ccc(O)cc2O)C(=O)N1c1ccc(Cl)cc1. The van der Waals surface area contributed by atoms with Gasteiger partial charge in [0, 0.05) is 23.1 Å². The molecule has 1 fully saturated rings. The van der Waals surface area contributed by atoms with Gasteiger partial charge in [-0.1, -0.05) is 17.7 Å². The Hall–Kier alpha value is -2.53. The van der Waals surface area contributed by atoms with E-state index in [0.29, 0.717) is 16.3 Å². The van der Waals surface area contributed by atoms with E-state index >= 15 is 0 Å². The number of phenolic OH excluding ortho intramolecular Hbond substituents is 2. The maximum atomic E-state index is 12.5. The van der Waals surface area contributed by atoms with Crippen molar-refractivity contribution in [2.45, 2.75) is 12.3 Å². The number of aromatic hydroxyl groups is 2. The number of halogens is 1. The minimum Gasteiger partial charge on any atom is -0.508 e. The minimum absolute atomic E-state index is 0.0280. The van der Waals surface area contributed by atoms with E-state index in [1.54, 1.807) is 24.3 Å². The Bertz CT molecular complexity index is 757. The average molecular weight is 318 g/mol. The van der Waals surface area contributed by atoms with E-state index in [2.05, 4.69) is 0 Å². The number of carbonyl (C=O) groups is 2. The topological polar surface area (TPSA) is 77.8 Å². The number of amides is 2. The smallest absolute Gasteiger partial charge is 0.241 e. The fraction of sp³-hybridized carbons (Fsp3) is 0.125. The lowest BCUT2D eigenvalue weighted by molar-refractivity contribution is -0.121. The van der Waals surface area contributed by atoms with Gasteiger partial charge in [0.15, 0.2) is 0 Å². The first-order valence-corrected chi connectivity index (χ1v) is 6.99. The number of anilines is 1. The van der Waals surface area contributed by atoms with Crippen LogP contribution in [0.1, 0.15) is 17.9 Å². The predicted octanol–water partition coefficient (Wildman–Crippen LogP) is 2.80. The van der Waals surface area contributed by atoms with Crippen LogP contribution >= 0.6 is 11.6 Å². The second-order valence-corrected chi connectivity index (χ2v) is 5.48. The fourth-order valence-electron chi connectivity index (χ4n) is 2.56. The summed E-state index contributed by atoms with van der Waals surface area (Å²) >= 11 is 5.81. The van der Waals surface area contributed by atoms with E-state index < -0.39 is 11.8 Å². The highest BCUT2D eigenvalue weighted by atomic mass is 35.5. The number of hydrogen-bond acceptors (Lipinski definition) is 4. The van der Waals surface area contributed by atoms with Crippen LogP contribution in [0, 0.1) is 0 Å². The Labute approximate surface area is 131 Å². The molecule has 2 amide bonds. The molecule has 1 heterocycles. The first-order valence-electron chi connectivity index (χ1n) is 6.61. The van der Waals surface area contributed by atoms with Crippen LogP contribution in [0.25, 0.3) is 0 Å². The molecule has 0 saturated carbocycles. The number of nitrogens with zero attached hydrogens (tertiary/aromatic N) is 1. The predicted molar refractivity (Wildman–Crippen MR) is 81.1 cm³/mol. The Morgan fingerprint density at radius 3 is 2.36 bits per heavy atom. The number of carbonyl (C=O) groups excluding carboxylic acids is 2. The first kappa shape index (κ1) is 14.4. The Morgan fingerprint density at radius 2 is 1.73 bits per heavy atom. The summed E-state index contributed by atoms with van der Waals surface area (Å²) in [6.07, 6.45) is -0.0280. The molecule has 22 heavy (non-hydrogen) atoms. The third-order valence-electron chi connectivity index (χ3n) is 3.62. The summed E-state index contributed by atoms with van der Waals surface area (Å²) in [5, 5.41) is 19.7. The number of imide groups is 1. The summed E-state index contributed by atoms with van der Waals surface area (Å²) in [6.45, 7) is 0. The van der Waals surface area contributed by atoms with Crippen LogP contribution in [0.2, 0.25) is 5.02 Å². The van der Waals surface area contributed by atoms with Crippen LogP contribution in [0.3, 0.4) is 0 Å². The molecule has 3 rings (SSSR count). The second-order valence-electron chi connectivity index (χ2n) is 5.04. The standard InChI is InChI=1S/C16H12ClNO4/c17-9-1-3-10(4-2-9)18-15(21)8-13(16(18)22)12-6-5-11(19)7-14(12)20/h1-7,13,19-20H,8H2. The fourth-order valence-corrected chi connectivity index (χ4v) is 2.69. The minimum atomic E-state index is -0.760. The zero-order valence-corrected chi connectivity index (χ0v) is 12.1. The van der Waals surface area contributed by atoms with Gasteiger partial charge in [0.05, 0.1) is 11.6 Å². The molecule has 1 saturated heterocycles. The molecule has 112 valence electrons. The molecular formula is C16H12ClNO4. The summed E-state index contributed by atoms with van der Waals surface area (Å²) in [5.74, 6) is -1.82. The normalized spacial score (nSPS) is 18.0. The molecular weight excluding hydrogens is 306 g/mol. The van der Waals surface area contributed by atoms with E-state index in [1.807, 2.05) is 0 Å². The maximum absolute atomic E-state index is 12.5. The summed E-state index contributed by atoms with van der Waals surface area (Å²) in [4.78, 5) is 25.8. The average Bonchev–Trinajstić information content (AvgIpc) is 2.75. The van der Waals surface area contributed by atoms with Gasteiger partial charge in [0.2, 0.25) is 11.8 Å². The van der Waals surface area contributed by atoms with Crippen molar-refractivity contribution in [2.75, 3.05) is 4.90 Å². The van der Waals surface area contributed by atoms with Gasteiger partial charge in [0.1, 0.15) is 11.5 Å². The van der Waals surface area contributed by atoms with E-state index in [9.17, 15) is 19.8 Å². The third-order valence-corrected chi connectivity index (χ3v) is 3.87. The van der Waals surface area contributed by atoms with Crippen molar-refractivity contribution in [1.29, 1.82) is 0 Å². The van der Waals surface area contributed by atoms with Crippen molar-refractivity contribution in [3.63, 3.8) is 0 Å². The van der Waals surface area contributed by atoms with Gasteiger partial charge in [0.25, 0.3) is 0 Å². The summed E-state index contributed by atoms with van der Waals surface area (Å²) in [5.41, 5.74) is 0.771. The van der Waals surface area contributed by atoms with Gasteiger partial charge in [-0.2, -0.15) is 0 Å². The van der Waals surface area contributed by atoms with E-state index in [4.69, 9.17) is 11.6 Å². The molecule has 0 spiro atoms. The lowest BCUT2D eigenvalue weighted by Crippen LogP contribution is -2.29. The van der Waals surface area contributed by atoms with Gasteiger partial charge in [-0.3, -0.25) is 14.5 Å². The highest BCUT2D eigenvalue weighted by molar-refractivity contribution is 6.30. The number of phenols is 2. The summed E-state index contributed by atoms with van der Waals surface area (Å²) < 4.78 is 0. The molecule has 2 aromatic rings. The van der Waals surface area contributed by atoms with E-state index in [-0.39, 0.29) is 23.8 Å². The Balaban J connectivity index is 1.96. The molecule has 1 unspecified atom stereocenters. The highest BCUT2D eigenvalue weighted by Gasteiger charge is 2.41. The first-order chi connectivity index (χ1) is 10.5. The lowest BCUT2D eigenvalue weighted by atomic mass is 9.96. The zero-order chi connectivity index (χ0) is 15.9. The third kappa shape index (κ3) is 2.40. The van der Waals surface area contributed by atoms with Crippen molar-refractivity contribution in [3.8, 4) is 11.5 Å². The monoisotopic (exact) mass is 317 g/mol. The number of hydrogen-bond donors (Lipinski definition) is 2. The van der Waals surface area contributed by atoms with Crippen molar-refractivity contribution in [1.82, 2.24) is 0 Å². The molecule has 0 aromatic heterocycles. The quantitative estimate of drug-likeness (QED) is 0.835. The molecule has 0 radical (unpaired) electrons. The van der Waals surface area contributed by atoms with Crippen LogP contribution in [0.15, 0.2) is 42.5 Å². The van der Waals surface area contributed by atoms with Crippen LogP contribution < -0.4 is 4.90 Å². The number of rotatable bonds is 2. The van der Waals surface area contributed by atoms with Crippen molar-refractivity contribution < 1.29 is 19.8 Å². The van der Waals surface area contributed by atoms with Crippen molar-refractivity contribution in [3.05, 3.63) is 53.1 Å². The van der Waals surface area contributed by atoms with Crippen molar-refractivity contribution >= 4 is 29.1 Å².